The Balaban J connectivity index is 1.55. The second kappa shape index (κ2) is 5.76. The van der Waals surface area contributed by atoms with Crippen LogP contribution < -0.4 is 5.32 Å². The quantitative estimate of drug-likeness (QED) is 0.646. The lowest BCUT2D eigenvalue weighted by atomic mass is 9.68. The monoisotopic (exact) mass is 385 g/mol. The number of carbonyl (C=O) groups is 3. The van der Waals surface area contributed by atoms with Crippen LogP contribution in [0.4, 0.5) is 5.69 Å². The van der Waals surface area contributed by atoms with Crippen molar-refractivity contribution in [1.82, 2.24) is 0 Å². The van der Waals surface area contributed by atoms with Crippen molar-refractivity contribution in [2.45, 2.75) is 33.1 Å². The van der Waals surface area contributed by atoms with E-state index in [1.807, 2.05) is 0 Å². The van der Waals surface area contributed by atoms with Gasteiger partial charge in [0.05, 0.1) is 16.7 Å². The average molecular weight is 385 g/mol. The van der Waals surface area contributed by atoms with E-state index in [1.54, 1.807) is 42.5 Å². The summed E-state index contributed by atoms with van der Waals surface area (Å²) in [6.07, 6.45) is 2.60. The molecule has 2 atom stereocenters. The molecule has 0 aromatic heterocycles. The molecule has 29 heavy (non-hydrogen) atoms. The number of hydrogen-bond donors (Lipinski definition) is 1. The third-order valence-electron chi connectivity index (χ3n) is 7.53. The number of carbonyl (C=O) groups excluding carboxylic acids is 3. The summed E-state index contributed by atoms with van der Waals surface area (Å²) < 4.78 is 0. The van der Waals surface area contributed by atoms with Gasteiger partial charge in [0.25, 0.3) is 0 Å². The van der Waals surface area contributed by atoms with Crippen molar-refractivity contribution in [2.75, 3.05) is 5.32 Å². The first-order valence-electron chi connectivity index (χ1n) is 10.1. The normalized spacial score (nSPS) is 26.3. The molecule has 3 aliphatic carbocycles. The molecule has 3 aliphatic rings. The van der Waals surface area contributed by atoms with Gasteiger partial charge in [-0.15, -0.1) is 0 Å². The van der Waals surface area contributed by atoms with Crippen molar-refractivity contribution in [1.29, 1.82) is 0 Å². The summed E-state index contributed by atoms with van der Waals surface area (Å²) in [5.41, 5.74) is 2.19. The molecule has 2 aromatic carbocycles. The Morgan fingerprint density at radius 1 is 1.00 bits per heavy atom. The van der Waals surface area contributed by atoms with Gasteiger partial charge in [-0.25, -0.2) is 0 Å². The van der Waals surface area contributed by atoms with E-state index in [-0.39, 0.29) is 22.9 Å². The van der Waals surface area contributed by atoms with Gasteiger partial charge in [-0.05, 0) is 36.7 Å². The molecule has 1 amide bonds. The molecule has 146 valence electrons. The summed E-state index contributed by atoms with van der Waals surface area (Å²) in [7, 11) is 0. The van der Waals surface area contributed by atoms with Gasteiger partial charge < -0.3 is 5.32 Å². The van der Waals surface area contributed by atoms with Crippen LogP contribution >= 0.6 is 0 Å². The summed E-state index contributed by atoms with van der Waals surface area (Å²) in [4.78, 5) is 39.6. The number of nitrogens with one attached hydrogen (secondary N) is 1. The molecule has 0 saturated heterocycles. The molecular formula is C25H23NO3. The number of benzene rings is 2. The number of fused-ring (bicyclic) bond motifs is 4. The number of amides is 1. The molecule has 0 radical (unpaired) electrons. The Kier molecular flexibility index (Phi) is 3.58. The van der Waals surface area contributed by atoms with Gasteiger partial charge >= 0.3 is 0 Å². The third-order valence-corrected chi connectivity index (χ3v) is 7.53. The van der Waals surface area contributed by atoms with Crippen LogP contribution in [0, 0.1) is 16.7 Å². The van der Waals surface area contributed by atoms with Crippen LogP contribution in [0.2, 0.25) is 0 Å². The zero-order chi connectivity index (χ0) is 20.6. The molecular weight excluding hydrogens is 362 g/mol. The van der Waals surface area contributed by atoms with Crippen LogP contribution in [0.25, 0.3) is 0 Å². The Hall–Kier alpha value is -3.01. The van der Waals surface area contributed by atoms with Crippen molar-refractivity contribution in [3.05, 3.63) is 76.9 Å². The van der Waals surface area contributed by atoms with Gasteiger partial charge in [-0.2, -0.15) is 0 Å². The van der Waals surface area contributed by atoms with Gasteiger partial charge in [-0.1, -0.05) is 62.4 Å². The zero-order valence-corrected chi connectivity index (χ0v) is 16.7. The first-order chi connectivity index (χ1) is 13.8. The van der Waals surface area contributed by atoms with Gasteiger partial charge in [0.1, 0.15) is 0 Å². The highest BCUT2D eigenvalue weighted by Gasteiger charge is 2.61. The summed E-state index contributed by atoms with van der Waals surface area (Å²) in [6, 6.07) is 11.9. The van der Waals surface area contributed by atoms with E-state index in [4.69, 9.17) is 0 Å². The minimum Gasteiger partial charge on any atom is -0.325 e. The highest BCUT2D eigenvalue weighted by molar-refractivity contribution is 6.30. The highest BCUT2D eigenvalue weighted by Crippen LogP contribution is 2.65. The molecule has 0 spiro atoms. The standard InChI is InChI=1S/C25H23NO3/c1-14-24(2,3)15-11-12-25(14,13-15)23(29)26-19-10-6-9-18-20(19)22(28)17-8-5-4-7-16(17)21(18)27/h4-10,15H,1,11-13H2,2-3H3,(H,26,29). The summed E-state index contributed by atoms with van der Waals surface area (Å²) in [6.45, 7) is 8.62. The zero-order valence-electron chi connectivity index (χ0n) is 16.7. The van der Waals surface area contributed by atoms with E-state index in [0.29, 0.717) is 33.9 Å². The Bertz CT molecular complexity index is 1130. The van der Waals surface area contributed by atoms with E-state index in [0.717, 1.165) is 24.8 Å². The van der Waals surface area contributed by atoms with Gasteiger partial charge in [0.15, 0.2) is 11.6 Å². The van der Waals surface area contributed by atoms with Crippen LogP contribution in [0.3, 0.4) is 0 Å². The maximum atomic E-state index is 13.4. The molecule has 2 saturated carbocycles. The van der Waals surface area contributed by atoms with Crippen molar-refractivity contribution in [3.8, 4) is 0 Å². The van der Waals surface area contributed by atoms with Gasteiger partial charge in [0.2, 0.25) is 5.91 Å². The fourth-order valence-corrected chi connectivity index (χ4v) is 5.63. The molecule has 5 rings (SSSR count). The number of anilines is 1. The van der Waals surface area contributed by atoms with E-state index in [1.165, 1.54) is 0 Å². The molecule has 2 aromatic rings. The SMILES string of the molecule is C=C1C2(C(=O)Nc3cccc4c3C(=O)c3ccccc3C4=O)CCC(C2)C1(C)C. The number of rotatable bonds is 2. The minimum atomic E-state index is -0.587. The van der Waals surface area contributed by atoms with Gasteiger partial charge in [0, 0.05) is 16.7 Å². The summed E-state index contributed by atoms with van der Waals surface area (Å²) in [5, 5.41) is 3.01. The minimum absolute atomic E-state index is 0.0591. The fraction of sp³-hybridized carbons (Fsp3) is 0.320. The maximum absolute atomic E-state index is 13.4. The lowest BCUT2D eigenvalue weighted by molar-refractivity contribution is -0.123. The Labute approximate surface area is 170 Å². The van der Waals surface area contributed by atoms with Gasteiger partial charge in [-0.3, -0.25) is 14.4 Å². The summed E-state index contributed by atoms with van der Waals surface area (Å²) >= 11 is 0. The van der Waals surface area contributed by atoms with E-state index in [2.05, 4.69) is 25.7 Å². The predicted octanol–water partition coefficient (Wildman–Crippen LogP) is 4.78. The second-order valence-corrected chi connectivity index (χ2v) is 9.11. The van der Waals surface area contributed by atoms with Crippen LogP contribution in [0.5, 0.6) is 0 Å². The lowest BCUT2D eigenvalue weighted by Crippen LogP contribution is -2.38. The first kappa shape index (κ1) is 18.0. The molecule has 0 aliphatic heterocycles. The first-order valence-corrected chi connectivity index (χ1v) is 10.1. The maximum Gasteiger partial charge on any atom is 0.234 e. The molecule has 2 fully saturated rings. The average Bonchev–Trinajstić information content (AvgIpc) is 3.25. The molecule has 4 heteroatoms. The summed E-state index contributed by atoms with van der Waals surface area (Å²) in [5.74, 6) is -0.0566. The van der Waals surface area contributed by atoms with Crippen molar-refractivity contribution in [3.63, 3.8) is 0 Å². The van der Waals surface area contributed by atoms with Crippen molar-refractivity contribution >= 4 is 23.2 Å². The largest absolute Gasteiger partial charge is 0.325 e. The second-order valence-electron chi connectivity index (χ2n) is 9.11. The fourth-order valence-electron chi connectivity index (χ4n) is 5.63. The third kappa shape index (κ3) is 2.23. The van der Waals surface area contributed by atoms with Crippen LogP contribution in [-0.4, -0.2) is 17.5 Å². The molecule has 4 nitrogen and oxygen atoms in total. The Morgan fingerprint density at radius 3 is 2.31 bits per heavy atom. The van der Waals surface area contributed by atoms with Crippen LogP contribution in [0.1, 0.15) is 65.0 Å². The van der Waals surface area contributed by atoms with E-state index < -0.39 is 5.41 Å². The molecule has 0 heterocycles. The van der Waals surface area contributed by atoms with E-state index >= 15 is 0 Å². The van der Waals surface area contributed by atoms with Crippen LogP contribution in [0.15, 0.2) is 54.6 Å². The molecule has 2 unspecified atom stereocenters. The molecule has 2 bridgehead atoms. The predicted molar refractivity (Wildman–Crippen MR) is 111 cm³/mol. The van der Waals surface area contributed by atoms with Crippen molar-refractivity contribution < 1.29 is 14.4 Å². The highest BCUT2D eigenvalue weighted by atomic mass is 16.2. The Morgan fingerprint density at radius 2 is 1.66 bits per heavy atom. The number of ketones is 2. The molecule has 1 N–H and O–H groups in total. The van der Waals surface area contributed by atoms with Crippen molar-refractivity contribution in [2.24, 2.45) is 16.7 Å². The van der Waals surface area contributed by atoms with E-state index in [9.17, 15) is 14.4 Å². The lowest BCUT2D eigenvalue weighted by Gasteiger charge is -2.37. The number of hydrogen-bond acceptors (Lipinski definition) is 3. The smallest absolute Gasteiger partial charge is 0.234 e. The van der Waals surface area contributed by atoms with Crippen LogP contribution in [-0.2, 0) is 4.79 Å². The topological polar surface area (TPSA) is 63.2 Å².